The Morgan fingerprint density at radius 1 is 1.22 bits per heavy atom. The third-order valence-electron chi connectivity index (χ3n) is 6.89. The van der Waals surface area contributed by atoms with Gasteiger partial charge in [0.25, 0.3) is 0 Å². The van der Waals surface area contributed by atoms with Crippen LogP contribution in [0.15, 0.2) is 42.5 Å². The van der Waals surface area contributed by atoms with Gasteiger partial charge < -0.3 is 19.4 Å². The molecule has 1 heterocycles. The fourth-order valence-corrected chi connectivity index (χ4v) is 5.74. The van der Waals surface area contributed by atoms with Crippen LogP contribution in [0.25, 0.3) is 11.0 Å². The fourth-order valence-electron chi connectivity index (χ4n) is 5.09. The van der Waals surface area contributed by atoms with Crippen LogP contribution in [-0.2, 0) is 4.74 Å². The van der Waals surface area contributed by atoms with E-state index in [-0.39, 0.29) is 11.8 Å². The maximum Gasteiger partial charge on any atom is 0.573 e. The van der Waals surface area contributed by atoms with Gasteiger partial charge in [0.15, 0.2) is 0 Å². The molecule has 2 aromatic carbocycles. The van der Waals surface area contributed by atoms with Gasteiger partial charge >= 0.3 is 12.3 Å². The summed E-state index contributed by atoms with van der Waals surface area (Å²) in [5, 5.41) is 3.30. The lowest BCUT2D eigenvalue weighted by Gasteiger charge is -2.39. The van der Waals surface area contributed by atoms with Gasteiger partial charge in [-0.2, -0.15) is 0 Å². The Morgan fingerprint density at radius 3 is 2.58 bits per heavy atom. The summed E-state index contributed by atoms with van der Waals surface area (Å²) in [6, 6.07) is 11.1. The average molecular weight is 615 g/mol. The Kier molecular flexibility index (Phi) is 8.01. The lowest BCUT2D eigenvalue weighted by molar-refractivity contribution is -0.274. The SMILES string of the molecule is COC(=O)c1ccc2c(c1)nc(Nc1ccc(OC(F)(F)F)cc1)n2C1C[C@H](C)CC[C@@H]1C(C)CI. The number of nitrogens with one attached hydrogen (secondary N) is 1. The summed E-state index contributed by atoms with van der Waals surface area (Å²) in [6.07, 6.45) is -1.48. The molecule has 1 aliphatic carbocycles. The van der Waals surface area contributed by atoms with Crippen LogP contribution < -0.4 is 10.1 Å². The Labute approximate surface area is 221 Å². The summed E-state index contributed by atoms with van der Waals surface area (Å²) in [5.41, 5.74) is 2.53. The molecule has 3 aromatic rings. The van der Waals surface area contributed by atoms with Crippen LogP contribution in [0, 0.1) is 17.8 Å². The number of esters is 1. The maximum atomic E-state index is 12.6. The van der Waals surface area contributed by atoms with Gasteiger partial charge in [0.05, 0.1) is 23.7 Å². The highest BCUT2D eigenvalue weighted by atomic mass is 127. The van der Waals surface area contributed by atoms with Crippen LogP contribution in [-0.4, -0.2) is 33.4 Å². The fraction of sp³-hybridized carbons (Fsp3) is 0.462. The van der Waals surface area contributed by atoms with E-state index in [0.29, 0.717) is 40.5 Å². The van der Waals surface area contributed by atoms with Gasteiger partial charge in [0.1, 0.15) is 5.75 Å². The lowest BCUT2D eigenvalue weighted by Crippen LogP contribution is -2.32. The van der Waals surface area contributed by atoms with Crippen molar-refractivity contribution in [3.05, 3.63) is 48.0 Å². The summed E-state index contributed by atoms with van der Waals surface area (Å²) >= 11 is 2.44. The lowest BCUT2D eigenvalue weighted by atomic mass is 9.74. The van der Waals surface area contributed by atoms with Crippen molar-refractivity contribution in [1.82, 2.24) is 9.55 Å². The number of imidazole rings is 1. The molecule has 4 rings (SSSR count). The van der Waals surface area contributed by atoms with E-state index in [4.69, 9.17) is 9.72 Å². The second kappa shape index (κ2) is 10.9. The van der Waals surface area contributed by atoms with E-state index in [9.17, 15) is 18.0 Å². The third-order valence-corrected chi connectivity index (χ3v) is 8.28. The second-order valence-corrected chi connectivity index (χ2v) is 10.4. The minimum absolute atomic E-state index is 0.183. The minimum atomic E-state index is -4.75. The molecule has 0 spiro atoms. The molecule has 4 atom stereocenters. The Bertz CT molecular complexity index is 1210. The average Bonchev–Trinajstić information content (AvgIpc) is 3.20. The molecule has 1 aromatic heterocycles. The van der Waals surface area contributed by atoms with Crippen molar-refractivity contribution in [2.24, 2.45) is 17.8 Å². The van der Waals surface area contributed by atoms with Gasteiger partial charge in [-0.1, -0.05) is 42.9 Å². The number of hydrogen-bond acceptors (Lipinski definition) is 5. The maximum absolute atomic E-state index is 12.6. The molecule has 10 heteroatoms. The molecule has 0 bridgehead atoms. The number of carbonyl (C=O) groups excluding carboxylic acids is 1. The molecule has 1 aliphatic rings. The van der Waals surface area contributed by atoms with Crippen LogP contribution in [0.5, 0.6) is 5.75 Å². The van der Waals surface area contributed by atoms with Gasteiger partial charge in [-0.25, -0.2) is 9.78 Å². The zero-order valence-corrected chi connectivity index (χ0v) is 22.5. The van der Waals surface area contributed by atoms with Crippen LogP contribution in [0.2, 0.25) is 0 Å². The highest BCUT2D eigenvalue weighted by Crippen LogP contribution is 2.45. The largest absolute Gasteiger partial charge is 0.573 e. The molecule has 0 amide bonds. The molecule has 1 saturated carbocycles. The normalized spacial score (nSPS) is 21.2. The summed E-state index contributed by atoms with van der Waals surface area (Å²) in [6.45, 7) is 4.54. The number of ether oxygens (including phenoxy) is 2. The predicted octanol–water partition coefficient (Wildman–Crippen LogP) is 7.51. The molecule has 194 valence electrons. The van der Waals surface area contributed by atoms with E-state index in [2.05, 4.69) is 51.1 Å². The molecule has 0 aliphatic heterocycles. The first-order valence-electron chi connectivity index (χ1n) is 11.9. The number of halogens is 4. The summed E-state index contributed by atoms with van der Waals surface area (Å²) in [5.74, 6) is 1.35. The standard InChI is InChI=1S/C26H29F3IN3O3/c1-15-4-10-20(16(2)14-30)23(12-15)33-22-11-5-17(24(34)35-3)13-21(22)32-25(33)31-18-6-8-19(9-7-18)36-26(27,28)29/h5-9,11,13,15-16,20,23H,4,10,12,14H2,1-3H3,(H,31,32)/t15-,16?,20-,23?/m1/s1. The van der Waals surface area contributed by atoms with Crippen LogP contribution in [0.1, 0.15) is 49.5 Å². The highest BCUT2D eigenvalue weighted by molar-refractivity contribution is 14.1. The summed E-state index contributed by atoms with van der Waals surface area (Å²) in [7, 11) is 1.34. The molecule has 0 radical (unpaired) electrons. The Morgan fingerprint density at radius 2 is 1.94 bits per heavy atom. The van der Waals surface area contributed by atoms with Crippen LogP contribution in [0.4, 0.5) is 24.8 Å². The number of aromatic nitrogens is 2. The molecule has 1 fully saturated rings. The van der Waals surface area contributed by atoms with E-state index in [0.717, 1.165) is 22.8 Å². The van der Waals surface area contributed by atoms with Crippen molar-refractivity contribution in [1.29, 1.82) is 0 Å². The van der Waals surface area contributed by atoms with Gasteiger partial charge in [-0.05, 0) is 73.1 Å². The molecular formula is C26H29F3IN3O3. The zero-order valence-electron chi connectivity index (χ0n) is 20.3. The smallest absolute Gasteiger partial charge is 0.465 e. The summed E-state index contributed by atoms with van der Waals surface area (Å²) < 4.78 is 49.8. The van der Waals surface area contributed by atoms with Crippen molar-refractivity contribution in [2.45, 2.75) is 45.5 Å². The van der Waals surface area contributed by atoms with Crippen molar-refractivity contribution in [2.75, 3.05) is 16.9 Å². The van der Waals surface area contributed by atoms with Crippen molar-refractivity contribution in [3.8, 4) is 5.75 Å². The molecule has 1 N–H and O–H groups in total. The van der Waals surface area contributed by atoms with E-state index in [1.165, 1.54) is 37.8 Å². The number of methoxy groups -OCH3 is 1. The highest BCUT2D eigenvalue weighted by Gasteiger charge is 2.35. The predicted molar refractivity (Wildman–Crippen MR) is 141 cm³/mol. The number of benzene rings is 2. The van der Waals surface area contributed by atoms with E-state index in [1.54, 1.807) is 12.1 Å². The van der Waals surface area contributed by atoms with Gasteiger partial charge in [0, 0.05) is 16.2 Å². The molecule has 36 heavy (non-hydrogen) atoms. The third kappa shape index (κ3) is 5.90. The number of hydrogen-bond donors (Lipinski definition) is 1. The number of rotatable bonds is 7. The quantitative estimate of drug-likeness (QED) is 0.169. The monoisotopic (exact) mass is 615 g/mol. The number of nitrogens with zero attached hydrogens (tertiary/aromatic N) is 2. The first-order chi connectivity index (χ1) is 17.1. The molecule has 2 unspecified atom stereocenters. The van der Waals surface area contributed by atoms with Crippen LogP contribution >= 0.6 is 22.6 Å². The number of fused-ring (bicyclic) bond motifs is 1. The van der Waals surface area contributed by atoms with E-state index in [1.807, 2.05) is 6.07 Å². The van der Waals surface area contributed by atoms with Crippen molar-refractivity contribution < 1.29 is 27.4 Å². The minimum Gasteiger partial charge on any atom is -0.465 e. The topological polar surface area (TPSA) is 65.4 Å². The molecule has 6 nitrogen and oxygen atoms in total. The molecule has 0 saturated heterocycles. The first kappa shape index (κ1) is 26.6. The second-order valence-electron chi connectivity index (χ2n) is 9.48. The zero-order chi connectivity index (χ0) is 26.0. The van der Waals surface area contributed by atoms with Crippen molar-refractivity contribution in [3.63, 3.8) is 0 Å². The number of carbonyl (C=O) groups is 1. The van der Waals surface area contributed by atoms with E-state index >= 15 is 0 Å². The summed E-state index contributed by atoms with van der Waals surface area (Å²) in [4.78, 5) is 16.9. The van der Waals surface area contributed by atoms with E-state index < -0.39 is 12.3 Å². The first-order valence-corrected chi connectivity index (χ1v) is 13.4. The van der Waals surface area contributed by atoms with Crippen molar-refractivity contribution >= 4 is 51.2 Å². The van der Waals surface area contributed by atoms with Crippen LogP contribution in [0.3, 0.4) is 0 Å². The number of anilines is 2. The molecular weight excluding hydrogens is 586 g/mol. The number of alkyl halides is 4. The Hall–Kier alpha value is -2.50. The van der Waals surface area contributed by atoms with Gasteiger partial charge in [-0.3, -0.25) is 0 Å². The Balaban J connectivity index is 1.77. The van der Waals surface area contributed by atoms with Gasteiger partial charge in [0.2, 0.25) is 5.95 Å². The van der Waals surface area contributed by atoms with Gasteiger partial charge in [-0.15, -0.1) is 13.2 Å².